The first-order valence-corrected chi connectivity index (χ1v) is 7.30. The van der Waals surface area contributed by atoms with E-state index in [0.717, 1.165) is 18.5 Å². The molecule has 21 heavy (non-hydrogen) atoms. The third-order valence-corrected chi connectivity index (χ3v) is 3.67. The van der Waals surface area contributed by atoms with Crippen LogP contribution >= 0.6 is 0 Å². The first kappa shape index (κ1) is 15.4. The number of nitrogens with two attached hydrogens (primary N) is 1. The van der Waals surface area contributed by atoms with E-state index in [4.69, 9.17) is 15.3 Å². The molecule has 0 radical (unpaired) electrons. The topological polar surface area (TPSA) is 80.9 Å². The Labute approximate surface area is 125 Å². The number of hydrogen-bond donors (Lipinski definition) is 3. The molecule has 0 bridgehead atoms. The molecule has 4 N–H and O–H groups in total. The zero-order valence-corrected chi connectivity index (χ0v) is 12.7. The quantitative estimate of drug-likeness (QED) is 0.343. The number of ether oxygens (including phenoxy) is 2. The molecule has 1 aliphatic carbocycles. The van der Waals surface area contributed by atoms with Crippen molar-refractivity contribution in [3.8, 4) is 11.5 Å². The Morgan fingerprint density at radius 1 is 1.14 bits per heavy atom. The van der Waals surface area contributed by atoms with Crippen LogP contribution in [0.5, 0.6) is 11.5 Å². The smallest absolute Gasteiger partial charge is 0.210 e. The van der Waals surface area contributed by atoms with Gasteiger partial charge in [-0.05, 0) is 25.0 Å². The average molecular weight is 292 g/mol. The van der Waals surface area contributed by atoms with Crippen LogP contribution in [0.2, 0.25) is 0 Å². The summed E-state index contributed by atoms with van der Waals surface area (Å²) in [6.45, 7) is 0. The number of hydrazine groups is 1. The molecule has 0 heterocycles. The first-order chi connectivity index (χ1) is 10.3. The molecule has 116 valence electrons. The average Bonchev–Trinajstić information content (AvgIpc) is 2.55. The summed E-state index contributed by atoms with van der Waals surface area (Å²) in [4.78, 5) is 4.64. The van der Waals surface area contributed by atoms with E-state index in [-0.39, 0.29) is 0 Å². The largest absolute Gasteiger partial charge is 0.493 e. The van der Waals surface area contributed by atoms with Crippen LogP contribution in [-0.4, -0.2) is 26.2 Å². The van der Waals surface area contributed by atoms with Gasteiger partial charge in [-0.15, -0.1) is 0 Å². The number of benzene rings is 1. The maximum Gasteiger partial charge on any atom is 0.210 e. The number of hydrogen-bond acceptors (Lipinski definition) is 4. The lowest BCUT2D eigenvalue weighted by Gasteiger charge is -2.19. The van der Waals surface area contributed by atoms with E-state index < -0.39 is 0 Å². The monoisotopic (exact) mass is 292 g/mol. The van der Waals surface area contributed by atoms with Crippen molar-refractivity contribution in [1.29, 1.82) is 0 Å². The van der Waals surface area contributed by atoms with Gasteiger partial charge in [0.2, 0.25) is 5.96 Å². The highest BCUT2D eigenvalue weighted by Crippen LogP contribution is 2.29. The normalized spacial score (nSPS) is 16.4. The molecule has 1 aromatic rings. The summed E-state index contributed by atoms with van der Waals surface area (Å²) in [5.74, 6) is 7.50. The van der Waals surface area contributed by atoms with Gasteiger partial charge in [-0.25, -0.2) is 10.8 Å². The Bertz CT molecular complexity index is 485. The lowest BCUT2D eigenvalue weighted by atomic mass is 9.96. The zero-order valence-electron chi connectivity index (χ0n) is 12.7. The van der Waals surface area contributed by atoms with Crippen LogP contribution in [0.25, 0.3) is 0 Å². The number of anilines is 1. The molecule has 0 aliphatic heterocycles. The van der Waals surface area contributed by atoms with Crippen molar-refractivity contribution in [1.82, 2.24) is 5.43 Å². The molecule has 1 aliphatic rings. The summed E-state index contributed by atoms with van der Waals surface area (Å²) in [5.41, 5.74) is 3.48. The highest BCUT2D eigenvalue weighted by Gasteiger charge is 2.13. The number of methoxy groups -OCH3 is 2. The predicted molar refractivity (Wildman–Crippen MR) is 84.8 cm³/mol. The van der Waals surface area contributed by atoms with Crippen molar-refractivity contribution >= 4 is 11.6 Å². The van der Waals surface area contributed by atoms with Crippen molar-refractivity contribution in [3.05, 3.63) is 18.2 Å². The molecule has 1 fully saturated rings. The van der Waals surface area contributed by atoms with Gasteiger partial charge in [-0.1, -0.05) is 19.3 Å². The molecule has 0 atom stereocenters. The lowest BCUT2D eigenvalue weighted by Crippen LogP contribution is -2.37. The van der Waals surface area contributed by atoms with Gasteiger partial charge in [0.05, 0.1) is 20.3 Å². The minimum atomic E-state index is 0.345. The number of rotatable bonds is 4. The Morgan fingerprint density at radius 3 is 2.48 bits per heavy atom. The summed E-state index contributed by atoms with van der Waals surface area (Å²) in [6, 6.07) is 5.94. The van der Waals surface area contributed by atoms with E-state index in [2.05, 4.69) is 15.7 Å². The zero-order chi connectivity index (χ0) is 15.1. The van der Waals surface area contributed by atoms with Gasteiger partial charge in [-0.3, -0.25) is 5.43 Å². The van der Waals surface area contributed by atoms with Gasteiger partial charge in [-0.2, -0.15) is 0 Å². The van der Waals surface area contributed by atoms with Crippen LogP contribution < -0.4 is 26.1 Å². The minimum Gasteiger partial charge on any atom is -0.493 e. The fraction of sp³-hybridized carbons (Fsp3) is 0.533. The lowest BCUT2D eigenvalue weighted by molar-refractivity contribution is 0.355. The van der Waals surface area contributed by atoms with E-state index in [0.29, 0.717) is 23.5 Å². The van der Waals surface area contributed by atoms with E-state index in [9.17, 15) is 0 Å². The number of guanidine groups is 1. The van der Waals surface area contributed by atoms with Crippen molar-refractivity contribution < 1.29 is 9.47 Å². The fourth-order valence-corrected chi connectivity index (χ4v) is 2.55. The van der Waals surface area contributed by atoms with Crippen molar-refractivity contribution in [3.63, 3.8) is 0 Å². The van der Waals surface area contributed by atoms with E-state index in [1.54, 1.807) is 14.2 Å². The molecule has 0 amide bonds. The fourth-order valence-electron chi connectivity index (χ4n) is 2.55. The summed E-state index contributed by atoms with van der Waals surface area (Å²) in [6.07, 6.45) is 6.03. The standard InChI is InChI=1S/C15H24N4O2/c1-20-13-9-8-12(10-14(13)21-2)18-15(19-16)17-11-6-4-3-5-7-11/h8-11H,3-7,16H2,1-2H3,(H2,17,18,19). The SMILES string of the molecule is COc1ccc(NC(=NC2CCCCC2)NN)cc1OC. The van der Waals surface area contributed by atoms with Crippen LogP contribution in [-0.2, 0) is 0 Å². The van der Waals surface area contributed by atoms with Gasteiger partial charge in [0.1, 0.15) is 0 Å². The van der Waals surface area contributed by atoms with Crippen LogP contribution in [0.1, 0.15) is 32.1 Å². The number of nitrogens with zero attached hydrogens (tertiary/aromatic N) is 1. The molecule has 2 rings (SSSR count). The van der Waals surface area contributed by atoms with E-state index in [1.165, 1.54) is 19.3 Å². The second-order valence-corrected chi connectivity index (χ2v) is 5.11. The third kappa shape index (κ3) is 4.26. The molecule has 6 heteroatoms. The second-order valence-electron chi connectivity index (χ2n) is 5.11. The van der Waals surface area contributed by atoms with Gasteiger partial charge < -0.3 is 14.8 Å². The van der Waals surface area contributed by atoms with Crippen LogP contribution in [0, 0.1) is 0 Å². The van der Waals surface area contributed by atoms with Gasteiger partial charge in [0.15, 0.2) is 11.5 Å². The van der Waals surface area contributed by atoms with E-state index in [1.807, 2.05) is 18.2 Å². The van der Waals surface area contributed by atoms with Crippen LogP contribution in [0.4, 0.5) is 5.69 Å². The summed E-state index contributed by atoms with van der Waals surface area (Å²) < 4.78 is 10.5. The first-order valence-electron chi connectivity index (χ1n) is 7.30. The Balaban J connectivity index is 2.08. The van der Waals surface area contributed by atoms with Gasteiger partial charge in [0.25, 0.3) is 0 Å². The maximum atomic E-state index is 5.57. The van der Waals surface area contributed by atoms with Crippen molar-refractivity contribution in [2.24, 2.45) is 10.8 Å². The van der Waals surface area contributed by atoms with Crippen molar-refractivity contribution in [2.45, 2.75) is 38.1 Å². The number of aliphatic imine (C=N–C) groups is 1. The molecular formula is C15H24N4O2. The summed E-state index contributed by atoms with van der Waals surface area (Å²) in [5, 5.41) is 3.18. The third-order valence-electron chi connectivity index (χ3n) is 3.67. The molecule has 6 nitrogen and oxygen atoms in total. The van der Waals surface area contributed by atoms with Crippen molar-refractivity contribution in [2.75, 3.05) is 19.5 Å². The molecular weight excluding hydrogens is 268 g/mol. The van der Waals surface area contributed by atoms with Crippen LogP contribution in [0.15, 0.2) is 23.2 Å². The van der Waals surface area contributed by atoms with E-state index >= 15 is 0 Å². The molecule has 1 saturated carbocycles. The predicted octanol–water partition coefficient (Wildman–Crippen LogP) is 2.27. The Morgan fingerprint density at radius 2 is 1.86 bits per heavy atom. The molecule has 0 saturated heterocycles. The van der Waals surface area contributed by atoms with Gasteiger partial charge in [0, 0.05) is 11.8 Å². The Hall–Kier alpha value is -1.95. The Kier molecular flexibility index (Phi) is 5.68. The highest BCUT2D eigenvalue weighted by molar-refractivity contribution is 5.93. The minimum absolute atomic E-state index is 0.345. The van der Waals surface area contributed by atoms with Gasteiger partial charge >= 0.3 is 0 Å². The molecule has 1 aromatic carbocycles. The van der Waals surface area contributed by atoms with Crippen LogP contribution in [0.3, 0.4) is 0 Å². The number of nitrogens with one attached hydrogen (secondary N) is 2. The highest BCUT2D eigenvalue weighted by atomic mass is 16.5. The molecule has 0 unspecified atom stereocenters. The second kappa shape index (κ2) is 7.73. The molecule has 0 aromatic heterocycles. The maximum absolute atomic E-state index is 5.57. The summed E-state index contributed by atoms with van der Waals surface area (Å²) in [7, 11) is 3.22. The molecule has 0 spiro atoms. The summed E-state index contributed by atoms with van der Waals surface area (Å²) >= 11 is 0.